The molecular formula is C32H29NO3. The zero-order valence-corrected chi connectivity index (χ0v) is 20.8. The number of hydrogen-bond donors (Lipinski definition) is 1. The van der Waals surface area contributed by atoms with Crippen molar-refractivity contribution in [3.8, 4) is 16.9 Å². The van der Waals surface area contributed by atoms with E-state index in [0.717, 1.165) is 50.1 Å². The van der Waals surface area contributed by atoms with E-state index in [4.69, 9.17) is 9.15 Å². The van der Waals surface area contributed by atoms with Gasteiger partial charge in [-0.15, -0.1) is 0 Å². The summed E-state index contributed by atoms with van der Waals surface area (Å²) in [7, 11) is 0. The molecule has 0 aliphatic rings. The Balaban J connectivity index is 1.54. The van der Waals surface area contributed by atoms with Crippen LogP contribution >= 0.6 is 0 Å². The van der Waals surface area contributed by atoms with Crippen LogP contribution in [0.4, 0.5) is 0 Å². The second-order valence-electron chi connectivity index (χ2n) is 8.93. The van der Waals surface area contributed by atoms with Gasteiger partial charge < -0.3 is 14.5 Å². The molecule has 0 fully saturated rings. The highest BCUT2D eigenvalue weighted by atomic mass is 16.5. The van der Waals surface area contributed by atoms with Crippen molar-refractivity contribution in [1.82, 2.24) is 5.32 Å². The van der Waals surface area contributed by atoms with Gasteiger partial charge in [-0.1, -0.05) is 66.7 Å². The van der Waals surface area contributed by atoms with Gasteiger partial charge in [0, 0.05) is 34.7 Å². The molecular weight excluding hydrogens is 446 g/mol. The predicted octanol–water partition coefficient (Wildman–Crippen LogP) is 7.68. The van der Waals surface area contributed by atoms with Crippen molar-refractivity contribution in [1.29, 1.82) is 0 Å². The first-order valence-corrected chi connectivity index (χ1v) is 12.2. The van der Waals surface area contributed by atoms with Crippen LogP contribution in [0.1, 0.15) is 30.5 Å². The van der Waals surface area contributed by atoms with E-state index < -0.39 is 0 Å². The van der Waals surface area contributed by atoms with Gasteiger partial charge in [0.1, 0.15) is 11.3 Å². The molecule has 0 unspecified atom stereocenters. The van der Waals surface area contributed by atoms with Crippen LogP contribution in [0.15, 0.2) is 95.6 Å². The molecule has 1 N–H and O–H groups in total. The van der Waals surface area contributed by atoms with Gasteiger partial charge in [-0.3, -0.25) is 4.79 Å². The second-order valence-corrected chi connectivity index (χ2v) is 8.93. The Morgan fingerprint density at radius 3 is 2.50 bits per heavy atom. The smallest absolute Gasteiger partial charge is 0.244 e. The van der Waals surface area contributed by atoms with Crippen LogP contribution in [0, 0.1) is 6.92 Å². The van der Waals surface area contributed by atoms with Crippen LogP contribution in [0.2, 0.25) is 0 Å². The fraction of sp³-hybridized carbons (Fsp3) is 0.156. The first kappa shape index (κ1) is 23.4. The lowest BCUT2D eigenvalue weighted by Gasteiger charge is -2.15. The summed E-state index contributed by atoms with van der Waals surface area (Å²) < 4.78 is 12.1. The molecule has 36 heavy (non-hydrogen) atoms. The first-order valence-electron chi connectivity index (χ1n) is 12.2. The van der Waals surface area contributed by atoms with Crippen LogP contribution in [0.25, 0.3) is 38.4 Å². The van der Waals surface area contributed by atoms with Crippen molar-refractivity contribution in [2.24, 2.45) is 0 Å². The van der Waals surface area contributed by atoms with Gasteiger partial charge in [0.05, 0.1) is 12.9 Å². The summed E-state index contributed by atoms with van der Waals surface area (Å²) in [4.78, 5) is 12.7. The molecule has 180 valence electrons. The highest BCUT2D eigenvalue weighted by Crippen LogP contribution is 2.41. The summed E-state index contributed by atoms with van der Waals surface area (Å²) in [5.41, 5.74) is 6.61. The molecule has 0 aliphatic heterocycles. The lowest BCUT2D eigenvalue weighted by atomic mass is 9.95. The van der Waals surface area contributed by atoms with Crippen LogP contribution in [0.5, 0.6) is 5.75 Å². The molecule has 0 spiro atoms. The van der Waals surface area contributed by atoms with Crippen molar-refractivity contribution in [3.05, 3.63) is 108 Å². The number of ether oxygens (including phenoxy) is 1. The number of allylic oxidation sites excluding steroid dienone is 1. The molecule has 5 aromatic rings. The van der Waals surface area contributed by atoms with E-state index in [2.05, 4.69) is 41.7 Å². The maximum atomic E-state index is 12.7. The Hall–Kier alpha value is -4.31. The van der Waals surface area contributed by atoms with Crippen molar-refractivity contribution in [3.63, 3.8) is 0 Å². The number of rotatable bonds is 7. The summed E-state index contributed by atoms with van der Waals surface area (Å²) in [5, 5.41) is 6.35. The second kappa shape index (κ2) is 10.1. The predicted molar refractivity (Wildman–Crippen MR) is 147 cm³/mol. The largest absolute Gasteiger partial charge is 0.493 e. The third-order valence-corrected chi connectivity index (χ3v) is 6.48. The maximum Gasteiger partial charge on any atom is 0.244 e. The third-order valence-electron chi connectivity index (χ3n) is 6.48. The number of benzene rings is 4. The number of nitrogens with one attached hydrogen (secondary N) is 1. The Morgan fingerprint density at radius 1 is 0.972 bits per heavy atom. The van der Waals surface area contributed by atoms with Gasteiger partial charge >= 0.3 is 0 Å². The number of amides is 1. The van der Waals surface area contributed by atoms with E-state index in [1.807, 2.05) is 69.5 Å². The lowest BCUT2D eigenvalue weighted by Crippen LogP contribution is -2.20. The minimum atomic E-state index is -0.140. The minimum absolute atomic E-state index is 0.140. The molecule has 0 bridgehead atoms. The Bertz CT molecular complexity index is 1580. The van der Waals surface area contributed by atoms with Gasteiger partial charge in [-0.2, -0.15) is 0 Å². The SMILES string of the molecule is CCOc1c(/C(C)=C/C(=O)NCc2ccccc2)cc2c(-c3ccc4ccccc4c3)coc2c1C. The number of aryl methyl sites for hydroxylation is 1. The standard InChI is InChI=1S/C32H29NO3/c1-4-35-31-22(3)32-28(29(20-36-32)26-15-14-24-12-8-9-13-25(24)17-26)18-27(31)21(2)16-30(34)33-19-23-10-6-5-7-11-23/h5-18,20H,4,19H2,1-3H3,(H,33,34)/b21-16+. The van der Waals surface area contributed by atoms with Gasteiger partial charge in [-0.25, -0.2) is 0 Å². The monoisotopic (exact) mass is 475 g/mol. The third kappa shape index (κ3) is 4.63. The molecule has 1 heterocycles. The molecule has 4 aromatic carbocycles. The van der Waals surface area contributed by atoms with Crippen molar-refractivity contribution < 1.29 is 13.9 Å². The van der Waals surface area contributed by atoms with Gasteiger partial charge in [-0.05, 0) is 60.4 Å². The Labute approximate surface area is 211 Å². The number of furan rings is 1. The van der Waals surface area contributed by atoms with Crippen molar-refractivity contribution >= 4 is 33.2 Å². The quantitative estimate of drug-likeness (QED) is 0.246. The van der Waals surface area contributed by atoms with Gasteiger partial charge in [0.15, 0.2) is 0 Å². The van der Waals surface area contributed by atoms with Crippen molar-refractivity contribution in [2.45, 2.75) is 27.3 Å². The summed E-state index contributed by atoms with van der Waals surface area (Å²) in [6, 6.07) is 26.7. The molecule has 0 saturated carbocycles. The molecule has 1 amide bonds. The van der Waals surface area contributed by atoms with E-state index in [0.29, 0.717) is 13.2 Å². The fourth-order valence-corrected chi connectivity index (χ4v) is 4.63. The maximum absolute atomic E-state index is 12.7. The van der Waals surface area contributed by atoms with E-state index >= 15 is 0 Å². The average molecular weight is 476 g/mol. The van der Waals surface area contributed by atoms with Gasteiger partial charge in [0.25, 0.3) is 0 Å². The number of carbonyl (C=O) groups is 1. The minimum Gasteiger partial charge on any atom is -0.493 e. The van der Waals surface area contributed by atoms with Crippen LogP contribution in [-0.2, 0) is 11.3 Å². The summed E-state index contributed by atoms with van der Waals surface area (Å²) >= 11 is 0. The molecule has 1 aromatic heterocycles. The summed E-state index contributed by atoms with van der Waals surface area (Å²) in [5.74, 6) is 0.604. The van der Waals surface area contributed by atoms with E-state index in [-0.39, 0.29) is 5.91 Å². The normalized spacial score (nSPS) is 11.7. The molecule has 0 aliphatic carbocycles. The summed E-state index contributed by atoms with van der Waals surface area (Å²) in [6.07, 6.45) is 3.45. The highest BCUT2D eigenvalue weighted by Gasteiger charge is 2.19. The molecule has 0 atom stereocenters. The molecule has 0 saturated heterocycles. The summed E-state index contributed by atoms with van der Waals surface area (Å²) in [6.45, 7) is 6.91. The average Bonchev–Trinajstić information content (AvgIpc) is 3.33. The molecule has 4 nitrogen and oxygen atoms in total. The Morgan fingerprint density at radius 2 is 1.72 bits per heavy atom. The highest BCUT2D eigenvalue weighted by molar-refractivity contribution is 6.02. The number of fused-ring (bicyclic) bond motifs is 2. The van der Waals surface area contributed by atoms with Crippen LogP contribution < -0.4 is 10.1 Å². The number of carbonyl (C=O) groups excluding carboxylic acids is 1. The van der Waals surface area contributed by atoms with E-state index in [1.165, 1.54) is 10.8 Å². The zero-order chi connectivity index (χ0) is 25.1. The van der Waals surface area contributed by atoms with Crippen LogP contribution in [-0.4, -0.2) is 12.5 Å². The van der Waals surface area contributed by atoms with Gasteiger partial charge in [0.2, 0.25) is 5.91 Å². The zero-order valence-electron chi connectivity index (χ0n) is 20.8. The molecule has 0 radical (unpaired) electrons. The van der Waals surface area contributed by atoms with Crippen molar-refractivity contribution in [2.75, 3.05) is 6.61 Å². The fourth-order valence-electron chi connectivity index (χ4n) is 4.63. The first-order chi connectivity index (χ1) is 17.5. The molecule has 5 rings (SSSR count). The topological polar surface area (TPSA) is 51.5 Å². The molecule has 4 heteroatoms. The Kier molecular flexibility index (Phi) is 6.59. The lowest BCUT2D eigenvalue weighted by molar-refractivity contribution is -0.116. The van der Waals surface area contributed by atoms with E-state index in [1.54, 1.807) is 6.08 Å². The van der Waals surface area contributed by atoms with E-state index in [9.17, 15) is 4.79 Å². The van der Waals surface area contributed by atoms with Crippen LogP contribution in [0.3, 0.4) is 0 Å². The number of hydrogen-bond acceptors (Lipinski definition) is 3.